The largest absolute Gasteiger partial charge is 0.346 e. The summed E-state index contributed by atoms with van der Waals surface area (Å²) in [5, 5.41) is 10.0. The minimum Gasteiger partial charge on any atom is -0.346 e. The summed E-state index contributed by atoms with van der Waals surface area (Å²) >= 11 is 0. The number of carbonyl (C=O) groups excluding carboxylic acids is 2. The number of hydrazine groups is 1. The molecule has 0 unspecified atom stereocenters. The van der Waals surface area contributed by atoms with Crippen LogP contribution in [0.3, 0.4) is 0 Å². The van der Waals surface area contributed by atoms with Gasteiger partial charge in [-0.2, -0.15) is 4.98 Å². The second-order valence-corrected chi connectivity index (χ2v) is 7.18. The van der Waals surface area contributed by atoms with Crippen LogP contribution in [-0.2, 0) is 6.54 Å². The number of amides is 3. The average Bonchev–Trinajstić information content (AvgIpc) is 3.30. The summed E-state index contributed by atoms with van der Waals surface area (Å²) in [5.41, 5.74) is 7.46. The number of nitrogens with zero attached hydrogens (tertiary/aromatic N) is 4. The summed E-state index contributed by atoms with van der Waals surface area (Å²) in [6, 6.07) is 18.1. The van der Waals surface area contributed by atoms with E-state index in [1.54, 1.807) is 11.0 Å². The van der Waals surface area contributed by atoms with Crippen LogP contribution in [0.1, 0.15) is 16.2 Å². The summed E-state index contributed by atoms with van der Waals surface area (Å²) in [4.78, 5) is 35.6. The normalized spacial score (nSPS) is 10.6. The molecule has 0 spiro atoms. The molecule has 10 nitrogen and oxygen atoms in total. The van der Waals surface area contributed by atoms with E-state index in [-0.39, 0.29) is 6.54 Å². The molecular weight excluding hydrogens is 408 g/mol. The highest BCUT2D eigenvalue weighted by atomic mass is 16.2. The van der Waals surface area contributed by atoms with Crippen molar-refractivity contribution in [2.75, 3.05) is 19.0 Å². The highest BCUT2D eigenvalue weighted by Gasteiger charge is 2.15. The van der Waals surface area contributed by atoms with Gasteiger partial charge in [0.25, 0.3) is 5.91 Å². The number of hydrogen-bond acceptors (Lipinski definition) is 6. The number of rotatable bonds is 5. The van der Waals surface area contributed by atoms with Gasteiger partial charge in [0.2, 0.25) is 5.95 Å². The first-order valence-corrected chi connectivity index (χ1v) is 9.89. The Labute approximate surface area is 184 Å². The highest BCUT2D eigenvalue weighted by molar-refractivity contribution is 6.07. The lowest BCUT2D eigenvalue weighted by Crippen LogP contribution is -2.46. The summed E-state index contributed by atoms with van der Waals surface area (Å²) < 4.78 is 0. The first kappa shape index (κ1) is 20.8. The maximum Gasteiger partial charge on any atom is 0.333 e. The third kappa shape index (κ3) is 4.64. The van der Waals surface area contributed by atoms with Gasteiger partial charge in [-0.15, -0.1) is 5.10 Å². The molecular formula is C22H22N8O2. The zero-order chi connectivity index (χ0) is 22.5. The Morgan fingerprint density at radius 1 is 0.969 bits per heavy atom. The van der Waals surface area contributed by atoms with Crippen molar-refractivity contribution in [2.45, 2.75) is 6.54 Å². The summed E-state index contributed by atoms with van der Waals surface area (Å²) in [5.74, 6) is 0.544. The molecule has 0 fully saturated rings. The number of para-hydroxylation sites is 1. The number of pyridine rings is 1. The minimum absolute atomic E-state index is 0.124. The Morgan fingerprint density at radius 2 is 1.72 bits per heavy atom. The van der Waals surface area contributed by atoms with Gasteiger partial charge in [-0.25, -0.2) is 15.2 Å². The Kier molecular flexibility index (Phi) is 5.93. The molecule has 32 heavy (non-hydrogen) atoms. The van der Waals surface area contributed by atoms with Crippen LogP contribution in [0.5, 0.6) is 0 Å². The molecule has 0 atom stereocenters. The Hall–Kier alpha value is -4.47. The third-order valence-electron chi connectivity index (χ3n) is 4.66. The number of aromatic amines is 1. The maximum absolute atomic E-state index is 12.9. The molecule has 0 saturated carbocycles. The number of urea groups is 1. The van der Waals surface area contributed by atoms with Crippen molar-refractivity contribution in [3.05, 3.63) is 72.1 Å². The van der Waals surface area contributed by atoms with E-state index in [4.69, 9.17) is 0 Å². The minimum atomic E-state index is -0.581. The van der Waals surface area contributed by atoms with Crippen LogP contribution in [0.4, 0.5) is 10.7 Å². The van der Waals surface area contributed by atoms with Crippen molar-refractivity contribution < 1.29 is 9.59 Å². The molecule has 0 bridgehead atoms. The van der Waals surface area contributed by atoms with Gasteiger partial charge in [-0.1, -0.05) is 48.5 Å². The smallest absolute Gasteiger partial charge is 0.333 e. The van der Waals surface area contributed by atoms with Gasteiger partial charge in [0.05, 0.1) is 23.3 Å². The van der Waals surface area contributed by atoms with E-state index in [2.05, 4.69) is 36.3 Å². The van der Waals surface area contributed by atoms with Gasteiger partial charge in [-0.05, 0) is 12.1 Å². The SMILES string of the molecule is CN(C)c1n[nH]c(CNC(=O)NNC(=O)c2cc(-c3ccccc3)nc3ccccc23)n1. The lowest BCUT2D eigenvalue weighted by Gasteiger charge is -2.11. The number of nitrogens with one attached hydrogen (secondary N) is 4. The molecule has 3 amide bonds. The lowest BCUT2D eigenvalue weighted by molar-refractivity contribution is 0.0938. The van der Waals surface area contributed by atoms with Crippen LogP contribution >= 0.6 is 0 Å². The Balaban J connectivity index is 1.45. The lowest BCUT2D eigenvalue weighted by atomic mass is 10.0. The summed E-state index contributed by atoms with van der Waals surface area (Å²) in [6.07, 6.45) is 0. The second-order valence-electron chi connectivity index (χ2n) is 7.18. The fourth-order valence-electron chi connectivity index (χ4n) is 3.07. The van der Waals surface area contributed by atoms with Crippen molar-refractivity contribution in [1.82, 2.24) is 36.3 Å². The monoisotopic (exact) mass is 430 g/mol. The van der Waals surface area contributed by atoms with E-state index in [0.717, 1.165) is 5.56 Å². The van der Waals surface area contributed by atoms with Crippen molar-refractivity contribution in [3.8, 4) is 11.3 Å². The number of benzene rings is 2. The van der Waals surface area contributed by atoms with Crippen LogP contribution in [0.15, 0.2) is 60.7 Å². The van der Waals surface area contributed by atoms with E-state index in [0.29, 0.717) is 33.9 Å². The highest BCUT2D eigenvalue weighted by Crippen LogP contribution is 2.24. The number of anilines is 1. The third-order valence-corrected chi connectivity index (χ3v) is 4.66. The summed E-state index contributed by atoms with van der Waals surface area (Å²) in [7, 11) is 3.63. The van der Waals surface area contributed by atoms with Crippen LogP contribution < -0.4 is 21.1 Å². The maximum atomic E-state index is 12.9. The number of carbonyl (C=O) groups is 2. The van der Waals surface area contributed by atoms with Gasteiger partial charge >= 0.3 is 6.03 Å². The van der Waals surface area contributed by atoms with Crippen molar-refractivity contribution in [3.63, 3.8) is 0 Å². The molecule has 162 valence electrons. The van der Waals surface area contributed by atoms with E-state index in [1.807, 2.05) is 68.7 Å². The molecule has 0 radical (unpaired) electrons. The first-order valence-electron chi connectivity index (χ1n) is 9.89. The molecule has 0 aliphatic carbocycles. The zero-order valence-electron chi connectivity index (χ0n) is 17.6. The quantitative estimate of drug-likeness (QED) is 0.360. The molecule has 4 N–H and O–H groups in total. The first-order chi connectivity index (χ1) is 15.5. The topological polar surface area (TPSA) is 128 Å². The molecule has 4 aromatic rings. The molecule has 0 saturated heterocycles. The van der Waals surface area contributed by atoms with E-state index in [9.17, 15) is 9.59 Å². The summed E-state index contributed by atoms with van der Waals surface area (Å²) in [6.45, 7) is 0.124. The van der Waals surface area contributed by atoms with Gasteiger partial charge < -0.3 is 10.2 Å². The zero-order valence-corrected chi connectivity index (χ0v) is 17.6. The van der Waals surface area contributed by atoms with Crippen LogP contribution in [0, 0.1) is 0 Å². The van der Waals surface area contributed by atoms with E-state index < -0.39 is 11.9 Å². The van der Waals surface area contributed by atoms with Crippen LogP contribution in [-0.4, -0.2) is 46.2 Å². The van der Waals surface area contributed by atoms with Gasteiger partial charge in [0, 0.05) is 25.0 Å². The van der Waals surface area contributed by atoms with Crippen molar-refractivity contribution in [2.24, 2.45) is 0 Å². The molecule has 0 aliphatic rings. The molecule has 0 aliphatic heterocycles. The fourth-order valence-corrected chi connectivity index (χ4v) is 3.07. The number of H-pyrrole nitrogens is 1. The number of fused-ring (bicyclic) bond motifs is 1. The Morgan fingerprint density at radius 3 is 2.47 bits per heavy atom. The second kappa shape index (κ2) is 9.13. The molecule has 4 rings (SSSR count). The molecule has 2 aromatic heterocycles. The van der Waals surface area contributed by atoms with E-state index >= 15 is 0 Å². The number of hydrogen-bond donors (Lipinski definition) is 4. The molecule has 2 aromatic carbocycles. The van der Waals surface area contributed by atoms with Crippen molar-refractivity contribution in [1.29, 1.82) is 0 Å². The fraction of sp³-hybridized carbons (Fsp3) is 0.136. The molecule has 2 heterocycles. The van der Waals surface area contributed by atoms with Crippen molar-refractivity contribution >= 4 is 28.8 Å². The van der Waals surface area contributed by atoms with E-state index in [1.165, 1.54) is 0 Å². The average molecular weight is 430 g/mol. The van der Waals surface area contributed by atoms with Gasteiger partial charge in [-0.3, -0.25) is 15.3 Å². The predicted octanol–water partition coefficient (Wildman–Crippen LogP) is 2.23. The molecule has 10 heteroatoms. The van der Waals surface area contributed by atoms with Crippen LogP contribution in [0.25, 0.3) is 22.2 Å². The van der Waals surface area contributed by atoms with Crippen LogP contribution in [0.2, 0.25) is 0 Å². The van der Waals surface area contributed by atoms with Gasteiger partial charge in [0.15, 0.2) is 0 Å². The predicted molar refractivity (Wildman–Crippen MR) is 121 cm³/mol. The van der Waals surface area contributed by atoms with Gasteiger partial charge in [0.1, 0.15) is 5.82 Å². The Bertz CT molecular complexity index is 1250. The standard InChI is InChI=1S/C22H22N8O2/c1-30(2)21-25-19(26-28-21)13-23-22(32)29-27-20(31)16-12-18(14-8-4-3-5-9-14)24-17-11-7-6-10-15(16)17/h3-12H,13H2,1-2H3,(H,27,31)(H2,23,29,32)(H,25,26,28). The number of aromatic nitrogens is 4.